The molecule has 0 saturated heterocycles. The number of primary amides is 1. The lowest BCUT2D eigenvalue weighted by molar-refractivity contribution is -0.119. The lowest BCUT2D eigenvalue weighted by Crippen LogP contribution is -2.44. The van der Waals surface area contributed by atoms with Gasteiger partial charge in [0.05, 0.1) is 12.7 Å². The SMILES string of the molecule is COC(=O)c1cccc(C(=O)N[C@H](CC=C(C)C)C(N)=O)c1. The average molecular weight is 304 g/mol. The molecule has 0 radical (unpaired) electrons. The van der Waals surface area contributed by atoms with Gasteiger partial charge in [-0.1, -0.05) is 17.7 Å². The Kier molecular flexibility index (Phi) is 6.31. The van der Waals surface area contributed by atoms with Crippen LogP contribution in [0.15, 0.2) is 35.9 Å². The van der Waals surface area contributed by atoms with Crippen molar-refractivity contribution in [3.8, 4) is 0 Å². The molecule has 0 saturated carbocycles. The van der Waals surface area contributed by atoms with Crippen LogP contribution < -0.4 is 11.1 Å². The maximum atomic E-state index is 12.2. The van der Waals surface area contributed by atoms with Crippen molar-refractivity contribution >= 4 is 17.8 Å². The van der Waals surface area contributed by atoms with Crippen molar-refractivity contribution < 1.29 is 19.1 Å². The first-order chi connectivity index (χ1) is 10.3. The predicted octanol–water partition coefficient (Wildman–Crippen LogP) is 1.41. The summed E-state index contributed by atoms with van der Waals surface area (Å²) >= 11 is 0. The number of hydrogen-bond acceptors (Lipinski definition) is 4. The standard InChI is InChI=1S/C16H20N2O4/c1-10(2)7-8-13(14(17)19)18-15(20)11-5-4-6-12(9-11)16(21)22-3/h4-7,9,13H,8H2,1-3H3,(H2,17,19)(H,18,20)/t13-/m1/s1. The van der Waals surface area contributed by atoms with Gasteiger partial charge in [-0.2, -0.15) is 0 Å². The molecule has 3 N–H and O–H groups in total. The summed E-state index contributed by atoms with van der Waals surface area (Å²) in [6.45, 7) is 3.78. The van der Waals surface area contributed by atoms with Crippen LogP contribution >= 0.6 is 0 Å². The fourth-order valence-electron chi connectivity index (χ4n) is 1.75. The van der Waals surface area contributed by atoms with Gasteiger partial charge in [0.15, 0.2) is 0 Å². The lowest BCUT2D eigenvalue weighted by Gasteiger charge is -2.14. The van der Waals surface area contributed by atoms with Gasteiger partial charge in [-0.15, -0.1) is 0 Å². The highest BCUT2D eigenvalue weighted by atomic mass is 16.5. The summed E-state index contributed by atoms with van der Waals surface area (Å²) in [5.74, 6) is -1.63. The fourth-order valence-corrected chi connectivity index (χ4v) is 1.75. The molecule has 0 aromatic heterocycles. The van der Waals surface area contributed by atoms with Crippen LogP contribution in [0.4, 0.5) is 0 Å². The molecule has 6 nitrogen and oxygen atoms in total. The molecule has 0 aliphatic heterocycles. The molecular weight excluding hydrogens is 284 g/mol. The second kappa shape index (κ2) is 7.97. The fraction of sp³-hybridized carbons (Fsp3) is 0.312. The van der Waals surface area contributed by atoms with Crippen LogP contribution in [0.5, 0.6) is 0 Å². The molecule has 6 heteroatoms. The van der Waals surface area contributed by atoms with Crippen LogP contribution in [-0.4, -0.2) is 30.9 Å². The van der Waals surface area contributed by atoms with Gasteiger partial charge in [0.2, 0.25) is 5.91 Å². The van der Waals surface area contributed by atoms with E-state index in [1.54, 1.807) is 12.1 Å². The first-order valence-electron chi connectivity index (χ1n) is 6.77. The third kappa shape index (κ3) is 5.05. The third-order valence-electron chi connectivity index (χ3n) is 2.96. The number of methoxy groups -OCH3 is 1. The van der Waals surface area contributed by atoms with Crippen molar-refractivity contribution in [1.29, 1.82) is 0 Å². The van der Waals surface area contributed by atoms with Gasteiger partial charge in [-0.25, -0.2) is 4.79 Å². The van der Waals surface area contributed by atoms with Crippen molar-refractivity contribution in [2.45, 2.75) is 26.3 Å². The minimum absolute atomic E-state index is 0.256. The Morgan fingerprint density at radius 2 is 1.91 bits per heavy atom. The predicted molar refractivity (Wildman–Crippen MR) is 82.3 cm³/mol. The van der Waals surface area contributed by atoms with Crippen LogP contribution in [0.2, 0.25) is 0 Å². The number of allylic oxidation sites excluding steroid dienone is 1. The van der Waals surface area contributed by atoms with E-state index >= 15 is 0 Å². The molecule has 1 aromatic rings. The highest BCUT2D eigenvalue weighted by Gasteiger charge is 2.18. The number of rotatable bonds is 6. The smallest absolute Gasteiger partial charge is 0.337 e. The van der Waals surface area contributed by atoms with Gasteiger partial charge in [0, 0.05) is 5.56 Å². The molecule has 1 atom stereocenters. The van der Waals surface area contributed by atoms with Crippen molar-refractivity contribution in [2.24, 2.45) is 5.73 Å². The molecule has 1 aromatic carbocycles. The molecule has 0 fully saturated rings. The van der Waals surface area contributed by atoms with Crippen LogP contribution in [-0.2, 0) is 9.53 Å². The first kappa shape index (κ1) is 17.4. The van der Waals surface area contributed by atoms with Crippen LogP contribution in [0, 0.1) is 0 Å². The van der Waals surface area contributed by atoms with E-state index in [4.69, 9.17) is 5.73 Å². The summed E-state index contributed by atoms with van der Waals surface area (Å²) in [5, 5.41) is 2.56. The summed E-state index contributed by atoms with van der Waals surface area (Å²) in [4.78, 5) is 35.0. The Morgan fingerprint density at radius 1 is 1.27 bits per heavy atom. The number of amides is 2. The van der Waals surface area contributed by atoms with E-state index in [1.165, 1.54) is 19.2 Å². The van der Waals surface area contributed by atoms with Crippen molar-refractivity contribution in [3.05, 3.63) is 47.0 Å². The zero-order valence-electron chi connectivity index (χ0n) is 12.9. The van der Waals surface area contributed by atoms with Gasteiger partial charge >= 0.3 is 5.97 Å². The second-order valence-electron chi connectivity index (χ2n) is 5.02. The van der Waals surface area contributed by atoms with Crippen molar-refractivity contribution in [1.82, 2.24) is 5.32 Å². The summed E-state index contributed by atoms with van der Waals surface area (Å²) in [6.07, 6.45) is 2.14. The maximum absolute atomic E-state index is 12.2. The second-order valence-corrected chi connectivity index (χ2v) is 5.02. The molecule has 118 valence electrons. The number of esters is 1. The molecular formula is C16H20N2O4. The molecule has 22 heavy (non-hydrogen) atoms. The Hall–Kier alpha value is -2.63. The summed E-state index contributed by atoms with van der Waals surface area (Å²) in [5.41, 5.74) is 6.83. The zero-order chi connectivity index (χ0) is 16.7. The number of carbonyl (C=O) groups excluding carboxylic acids is 3. The molecule has 0 spiro atoms. The number of ether oxygens (including phenoxy) is 1. The molecule has 2 amide bonds. The number of nitrogens with two attached hydrogens (primary N) is 1. The maximum Gasteiger partial charge on any atom is 0.337 e. The lowest BCUT2D eigenvalue weighted by atomic mass is 10.1. The van der Waals surface area contributed by atoms with E-state index in [0.29, 0.717) is 6.42 Å². The average Bonchev–Trinajstić information content (AvgIpc) is 2.49. The van der Waals surface area contributed by atoms with Crippen LogP contribution in [0.25, 0.3) is 0 Å². The molecule has 1 rings (SSSR count). The van der Waals surface area contributed by atoms with Crippen molar-refractivity contribution in [2.75, 3.05) is 7.11 Å². The van der Waals surface area contributed by atoms with E-state index < -0.39 is 23.8 Å². The van der Waals surface area contributed by atoms with Gasteiger partial charge in [0.25, 0.3) is 5.91 Å². The first-order valence-corrected chi connectivity index (χ1v) is 6.77. The number of carbonyl (C=O) groups is 3. The summed E-state index contributed by atoms with van der Waals surface area (Å²) in [7, 11) is 1.26. The highest BCUT2D eigenvalue weighted by Crippen LogP contribution is 2.08. The molecule has 0 aliphatic rings. The monoisotopic (exact) mass is 304 g/mol. The third-order valence-corrected chi connectivity index (χ3v) is 2.96. The Balaban J connectivity index is 2.88. The number of benzene rings is 1. The topological polar surface area (TPSA) is 98.5 Å². The number of nitrogens with one attached hydrogen (secondary N) is 1. The zero-order valence-corrected chi connectivity index (χ0v) is 12.9. The van der Waals surface area contributed by atoms with E-state index in [0.717, 1.165) is 5.57 Å². The van der Waals surface area contributed by atoms with Gasteiger partial charge in [-0.05, 0) is 38.5 Å². The van der Waals surface area contributed by atoms with Gasteiger partial charge in [-0.3, -0.25) is 9.59 Å². The van der Waals surface area contributed by atoms with Crippen molar-refractivity contribution in [3.63, 3.8) is 0 Å². The molecule has 0 bridgehead atoms. The molecule has 0 heterocycles. The summed E-state index contributed by atoms with van der Waals surface area (Å²) in [6, 6.07) is 5.25. The van der Waals surface area contributed by atoms with Crippen LogP contribution in [0.1, 0.15) is 41.0 Å². The summed E-state index contributed by atoms with van der Waals surface area (Å²) < 4.78 is 4.60. The highest BCUT2D eigenvalue weighted by molar-refractivity contribution is 5.99. The van der Waals surface area contributed by atoms with Crippen LogP contribution in [0.3, 0.4) is 0 Å². The van der Waals surface area contributed by atoms with E-state index in [9.17, 15) is 14.4 Å². The van der Waals surface area contributed by atoms with E-state index in [2.05, 4.69) is 10.1 Å². The normalized spacial score (nSPS) is 11.2. The molecule has 0 aliphatic carbocycles. The van der Waals surface area contributed by atoms with Gasteiger partial charge < -0.3 is 15.8 Å². The minimum atomic E-state index is -0.802. The largest absolute Gasteiger partial charge is 0.465 e. The Labute approximate surface area is 129 Å². The van der Waals surface area contributed by atoms with E-state index in [1.807, 2.05) is 19.9 Å². The van der Waals surface area contributed by atoms with E-state index in [-0.39, 0.29) is 11.1 Å². The quantitative estimate of drug-likeness (QED) is 0.613. The number of hydrogen-bond donors (Lipinski definition) is 2. The Bertz CT molecular complexity index is 604. The Morgan fingerprint density at radius 3 is 2.45 bits per heavy atom. The molecule has 0 unspecified atom stereocenters. The van der Waals surface area contributed by atoms with Gasteiger partial charge in [0.1, 0.15) is 6.04 Å². The minimum Gasteiger partial charge on any atom is -0.465 e.